The molecule has 0 radical (unpaired) electrons. The second kappa shape index (κ2) is 14.4. The number of piperidine rings is 1. The Labute approximate surface area is 210 Å². The maximum atomic E-state index is 12.4. The zero-order chi connectivity index (χ0) is 22.7. The highest BCUT2D eigenvalue weighted by Crippen LogP contribution is 2.20. The maximum absolute atomic E-state index is 12.4. The van der Waals surface area contributed by atoms with Gasteiger partial charge >= 0.3 is 6.09 Å². The van der Waals surface area contributed by atoms with Crippen LogP contribution in [0.4, 0.5) is 4.79 Å². The minimum Gasteiger partial charge on any atom is -0.490 e. The molecule has 0 bridgehead atoms. The van der Waals surface area contributed by atoms with Crippen molar-refractivity contribution in [3.8, 4) is 5.75 Å². The maximum Gasteiger partial charge on any atom is 0.410 e. The highest BCUT2D eigenvalue weighted by atomic mass is 127. The van der Waals surface area contributed by atoms with Gasteiger partial charge in [0.2, 0.25) is 0 Å². The van der Waals surface area contributed by atoms with Crippen molar-refractivity contribution in [2.45, 2.75) is 53.1 Å². The molecule has 0 unspecified atom stereocenters. The molecule has 1 fully saturated rings. The number of hydrogen-bond acceptors (Lipinski definition) is 5. The van der Waals surface area contributed by atoms with Crippen LogP contribution in [0.1, 0.15) is 47.5 Å². The Morgan fingerprint density at radius 3 is 2.59 bits per heavy atom. The molecule has 1 aliphatic rings. The fourth-order valence-electron chi connectivity index (χ4n) is 3.47. The predicted molar refractivity (Wildman–Crippen MR) is 139 cm³/mol. The van der Waals surface area contributed by atoms with Gasteiger partial charge in [-0.3, -0.25) is 4.98 Å². The van der Waals surface area contributed by atoms with E-state index in [0.29, 0.717) is 25.6 Å². The quantitative estimate of drug-likeness (QED) is 0.224. The second-order valence-corrected chi connectivity index (χ2v) is 8.72. The zero-order valence-corrected chi connectivity index (χ0v) is 22.5. The smallest absolute Gasteiger partial charge is 0.410 e. The van der Waals surface area contributed by atoms with Crippen molar-refractivity contribution in [2.24, 2.45) is 10.9 Å². The van der Waals surface area contributed by atoms with Crippen molar-refractivity contribution in [1.82, 2.24) is 20.1 Å². The molecule has 1 aromatic heterocycles. The molecule has 9 heteroatoms. The number of rotatable bonds is 8. The van der Waals surface area contributed by atoms with E-state index in [1.807, 2.05) is 44.7 Å². The van der Waals surface area contributed by atoms with Crippen LogP contribution in [-0.2, 0) is 4.74 Å². The first kappa shape index (κ1) is 28.3. The molecule has 32 heavy (non-hydrogen) atoms. The number of nitrogens with one attached hydrogen (secondary N) is 1. The molecule has 1 N–H and O–H groups in total. The fraction of sp³-hybridized carbons (Fsp3) is 0.696. The number of halogens is 1. The van der Waals surface area contributed by atoms with Crippen LogP contribution in [0.2, 0.25) is 0 Å². The second-order valence-electron chi connectivity index (χ2n) is 8.72. The Hall–Kier alpha value is -1.78. The topological polar surface area (TPSA) is 79.3 Å². The molecule has 182 valence electrons. The summed E-state index contributed by atoms with van der Waals surface area (Å²) < 4.78 is 11.2. The van der Waals surface area contributed by atoms with E-state index in [2.05, 4.69) is 22.1 Å². The number of nitrogens with zero attached hydrogens (tertiary/aromatic N) is 4. The van der Waals surface area contributed by atoms with Crippen LogP contribution in [0.15, 0.2) is 29.5 Å². The lowest BCUT2D eigenvalue weighted by molar-refractivity contribution is 0.0214. The Morgan fingerprint density at radius 2 is 2.03 bits per heavy atom. The lowest BCUT2D eigenvalue weighted by atomic mass is 9.96. The summed E-state index contributed by atoms with van der Waals surface area (Å²) in [6.07, 6.45) is 5.26. The molecule has 0 aromatic carbocycles. The summed E-state index contributed by atoms with van der Waals surface area (Å²) in [6, 6.07) is 3.75. The van der Waals surface area contributed by atoms with Gasteiger partial charge in [-0.15, -0.1) is 24.0 Å². The van der Waals surface area contributed by atoms with E-state index in [0.717, 1.165) is 50.7 Å². The number of amides is 1. The molecule has 8 nitrogen and oxygen atoms in total. The number of aromatic nitrogens is 1. The molecule has 2 rings (SSSR count). The normalized spacial score (nSPS) is 15.0. The molecule has 0 saturated carbocycles. The number of hydrogen-bond donors (Lipinski definition) is 1. The van der Waals surface area contributed by atoms with Crippen molar-refractivity contribution < 1.29 is 14.3 Å². The first-order chi connectivity index (χ1) is 14.8. The van der Waals surface area contributed by atoms with E-state index in [1.165, 1.54) is 0 Å². The van der Waals surface area contributed by atoms with E-state index in [1.54, 1.807) is 12.4 Å². The highest BCUT2D eigenvalue weighted by molar-refractivity contribution is 14.0. The van der Waals surface area contributed by atoms with Gasteiger partial charge in [0.1, 0.15) is 18.0 Å². The minimum atomic E-state index is -0.466. The first-order valence-electron chi connectivity index (χ1n) is 11.4. The van der Waals surface area contributed by atoms with E-state index in [9.17, 15) is 4.79 Å². The van der Waals surface area contributed by atoms with Gasteiger partial charge in [-0.05, 0) is 65.5 Å². The van der Waals surface area contributed by atoms with E-state index in [4.69, 9.17) is 14.5 Å². The van der Waals surface area contributed by atoms with Crippen molar-refractivity contribution in [1.29, 1.82) is 0 Å². The molecule has 1 amide bonds. The van der Waals surface area contributed by atoms with Gasteiger partial charge in [0.25, 0.3) is 0 Å². The Balaban J connectivity index is 0.00000512. The molecule has 0 atom stereocenters. The number of carbonyl (C=O) groups excluding carboxylic acids is 1. The standard InChI is InChI=1S/C23H39N5O3.HI/c1-6-25-21(26-13-16-30-20-9-8-12-24-17-20)28-14-10-19(11-15-28)18-27(7-2)22(29)31-23(3,4)5;/h8-9,12,17,19H,6-7,10-11,13-16,18H2,1-5H3,(H,25,26);1H. The van der Waals surface area contributed by atoms with Crippen LogP contribution < -0.4 is 10.1 Å². The fourth-order valence-corrected chi connectivity index (χ4v) is 3.47. The molecular weight excluding hydrogens is 521 g/mol. The number of ether oxygens (including phenoxy) is 2. The van der Waals surface area contributed by atoms with E-state index >= 15 is 0 Å². The number of carbonyl (C=O) groups is 1. The third kappa shape index (κ3) is 10.2. The summed E-state index contributed by atoms with van der Waals surface area (Å²) in [6.45, 7) is 15.0. The van der Waals surface area contributed by atoms with Crippen molar-refractivity contribution in [2.75, 3.05) is 45.9 Å². The number of pyridine rings is 1. The number of aliphatic imine (C=N–C) groups is 1. The van der Waals surface area contributed by atoms with Crippen LogP contribution in [0, 0.1) is 5.92 Å². The largest absolute Gasteiger partial charge is 0.490 e. The van der Waals surface area contributed by atoms with Gasteiger partial charge < -0.3 is 24.6 Å². The van der Waals surface area contributed by atoms with Crippen molar-refractivity contribution >= 4 is 36.0 Å². The zero-order valence-electron chi connectivity index (χ0n) is 20.2. The third-order valence-electron chi connectivity index (χ3n) is 5.02. The van der Waals surface area contributed by atoms with Gasteiger partial charge in [0.05, 0.1) is 12.7 Å². The van der Waals surface area contributed by atoms with Crippen LogP contribution in [0.3, 0.4) is 0 Å². The SMILES string of the molecule is CCNC(=NCCOc1cccnc1)N1CCC(CN(CC)C(=O)OC(C)(C)C)CC1.I. The first-order valence-corrected chi connectivity index (χ1v) is 11.4. The van der Waals surface area contributed by atoms with Gasteiger partial charge in [0.15, 0.2) is 5.96 Å². The summed E-state index contributed by atoms with van der Waals surface area (Å²) in [5.74, 6) is 2.16. The highest BCUT2D eigenvalue weighted by Gasteiger charge is 2.27. The summed E-state index contributed by atoms with van der Waals surface area (Å²) >= 11 is 0. The summed E-state index contributed by atoms with van der Waals surface area (Å²) in [5.41, 5.74) is -0.466. The van der Waals surface area contributed by atoms with Gasteiger partial charge in [-0.2, -0.15) is 0 Å². The molecule has 2 heterocycles. The van der Waals surface area contributed by atoms with Crippen LogP contribution in [-0.4, -0.2) is 78.3 Å². The number of guanidine groups is 1. The molecule has 0 aliphatic carbocycles. The average Bonchev–Trinajstić information content (AvgIpc) is 2.74. The van der Waals surface area contributed by atoms with Gasteiger partial charge in [-0.1, -0.05) is 0 Å². The van der Waals surface area contributed by atoms with Crippen LogP contribution >= 0.6 is 24.0 Å². The average molecular weight is 562 g/mol. The van der Waals surface area contributed by atoms with Crippen molar-refractivity contribution in [3.05, 3.63) is 24.5 Å². The predicted octanol–water partition coefficient (Wildman–Crippen LogP) is 4.01. The van der Waals surface area contributed by atoms with Crippen LogP contribution in [0.25, 0.3) is 0 Å². The summed E-state index contributed by atoms with van der Waals surface area (Å²) in [4.78, 5) is 25.3. The molecule has 0 spiro atoms. The summed E-state index contributed by atoms with van der Waals surface area (Å²) in [7, 11) is 0. The molecule has 1 aliphatic heterocycles. The van der Waals surface area contributed by atoms with E-state index in [-0.39, 0.29) is 30.1 Å². The van der Waals surface area contributed by atoms with E-state index < -0.39 is 5.60 Å². The van der Waals surface area contributed by atoms with Gasteiger partial charge in [-0.25, -0.2) is 9.79 Å². The molecular formula is C23H40IN5O3. The Morgan fingerprint density at radius 1 is 1.31 bits per heavy atom. The molecule has 1 aromatic rings. The summed E-state index contributed by atoms with van der Waals surface area (Å²) in [5, 5.41) is 3.39. The Kier molecular flexibility index (Phi) is 12.7. The lowest BCUT2D eigenvalue weighted by Gasteiger charge is -2.36. The number of likely N-dealkylation sites (tertiary alicyclic amines) is 1. The monoisotopic (exact) mass is 561 g/mol. The lowest BCUT2D eigenvalue weighted by Crippen LogP contribution is -2.48. The third-order valence-corrected chi connectivity index (χ3v) is 5.02. The minimum absolute atomic E-state index is 0. The van der Waals surface area contributed by atoms with Crippen LogP contribution in [0.5, 0.6) is 5.75 Å². The molecule has 1 saturated heterocycles. The van der Waals surface area contributed by atoms with Crippen molar-refractivity contribution in [3.63, 3.8) is 0 Å². The Bertz CT molecular complexity index is 689. The van der Waals surface area contributed by atoms with Gasteiger partial charge in [0, 0.05) is 38.9 Å².